The lowest BCUT2D eigenvalue weighted by molar-refractivity contribution is -0.122. The topological polar surface area (TPSA) is 105 Å². The third kappa shape index (κ3) is 7.12. The molecule has 1 heterocycles. The van der Waals surface area contributed by atoms with Gasteiger partial charge in [0.1, 0.15) is 5.60 Å². The average molecular weight is 412 g/mol. The molecular formula is C19H29N3O5S. The number of rotatable bonds is 6. The van der Waals surface area contributed by atoms with E-state index < -0.39 is 15.6 Å². The van der Waals surface area contributed by atoms with Crippen molar-refractivity contribution in [3.63, 3.8) is 0 Å². The standard InChI is InChI=1S/C19H29N3O5S/c1-19(2,3)27-18(24)22-13-7-8-15(14-22)21-17(23)11-12-20-28(25,26)16-9-5-4-6-10-16/h4-6,9-10,15,20H,7-8,11-14H2,1-3H3,(H,21,23)/t15-/m0/s1. The van der Waals surface area contributed by atoms with Gasteiger partial charge < -0.3 is 15.0 Å². The fourth-order valence-electron chi connectivity index (χ4n) is 2.87. The second kappa shape index (κ2) is 9.38. The zero-order valence-corrected chi connectivity index (χ0v) is 17.4. The summed E-state index contributed by atoms with van der Waals surface area (Å²) in [6.07, 6.45) is 1.17. The molecule has 0 aliphatic carbocycles. The average Bonchev–Trinajstić information content (AvgIpc) is 2.61. The molecule has 2 amide bonds. The van der Waals surface area contributed by atoms with Crippen molar-refractivity contribution < 1.29 is 22.7 Å². The van der Waals surface area contributed by atoms with E-state index in [1.54, 1.807) is 23.1 Å². The summed E-state index contributed by atoms with van der Waals surface area (Å²) in [6.45, 7) is 6.42. The molecule has 2 rings (SSSR count). The van der Waals surface area contributed by atoms with Crippen molar-refractivity contribution in [3.8, 4) is 0 Å². The Balaban J connectivity index is 1.77. The van der Waals surface area contributed by atoms with Crippen LogP contribution in [0, 0.1) is 0 Å². The number of nitrogens with one attached hydrogen (secondary N) is 2. The Morgan fingerprint density at radius 2 is 1.89 bits per heavy atom. The summed E-state index contributed by atoms with van der Waals surface area (Å²) < 4.78 is 32.1. The minimum absolute atomic E-state index is 0.00552. The Hall–Kier alpha value is -2.13. The van der Waals surface area contributed by atoms with Gasteiger partial charge in [0, 0.05) is 32.1 Å². The van der Waals surface area contributed by atoms with Crippen molar-refractivity contribution in [3.05, 3.63) is 30.3 Å². The van der Waals surface area contributed by atoms with Crippen LogP contribution in [0.1, 0.15) is 40.0 Å². The number of piperidine rings is 1. The fraction of sp³-hybridized carbons (Fsp3) is 0.579. The maximum Gasteiger partial charge on any atom is 0.410 e. The maximum atomic E-state index is 12.2. The third-order valence-electron chi connectivity index (χ3n) is 4.14. The zero-order chi connectivity index (χ0) is 20.8. The number of nitrogens with zero attached hydrogens (tertiary/aromatic N) is 1. The number of amides is 2. The lowest BCUT2D eigenvalue weighted by Gasteiger charge is -2.34. The highest BCUT2D eigenvalue weighted by Crippen LogP contribution is 2.15. The first-order valence-electron chi connectivity index (χ1n) is 9.39. The predicted molar refractivity (Wildman–Crippen MR) is 105 cm³/mol. The van der Waals surface area contributed by atoms with Gasteiger partial charge in [-0.1, -0.05) is 18.2 Å². The van der Waals surface area contributed by atoms with Gasteiger partial charge in [0.2, 0.25) is 15.9 Å². The van der Waals surface area contributed by atoms with Crippen LogP contribution in [0.2, 0.25) is 0 Å². The normalized spacial score (nSPS) is 17.8. The first-order chi connectivity index (χ1) is 13.1. The molecule has 2 N–H and O–H groups in total. The van der Waals surface area contributed by atoms with Gasteiger partial charge in [-0.25, -0.2) is 17.9 Å². The van der Waals surface area contributed by atoms with Gasteiger partial charge in [-0.3, -0.25) is 4.79 Å². The minimum atomic E-state index is -3.63. The Labute approximate surface area is 166 Å². The van der Waals surface area contributed by atoms with E-state index >= 15 is 0 Å². The SMILES string of the molecule is CC(C)(C)OC(=O)N1CCC[C@H](NC(=O)CCNS(=O)(=O)c2ccccc2)C1. The second-order valence-corrected chi connectivity index (χ2v) is 9.56. The highest BCUT2D eigenvalue weighted by molar-refractivity contribution is 7.89. The van der Waals surface area contributed by atoms with Crippen LogP contribution in [-0.2, 0) is 19.6 Å². The van der Waals surface area contributed by atoms with E-state index in [0.717, 1.165) is 12.8 Å². The lowest BCUT2D eigenvalue weighted by atomic mass is 10.1. The molecule has 0 radical (unpaired) electrons. The third-order valence-corrected chi connectivity index (χ3v) is 5.61. The fourth-order valence-corrected chi connectivity index (χ4v) is 3.92. The van der Waals surface area contributed by atoms with Crippen molar-refractivity contribution in [2.24, 2.45) is 0 Å². The van der Waals surface area contributed by atoms with E-state index in [1.165, 1.54) is 12.1 Å². The molecule has 1 aliphatic rings. The number of benzene rings is 1. The van der Waals surface area contributed by atoms with Gasteiger partial charge >= 0.3 is 6.09 Å². The van der Waals surface area contributed by atoms with Gasteiger partial charge in [0.15, 0.2) is 0 Å². The Morgan fingerprint density at radius 3 is 2.54 bits per heavy atom. The molecule has 0 aromatic heterocycles. The Morgan fingerprint density at radius 1 is 1.21 bits per heavy atom. The monoisotopic (exact) mass is 411 g/mol. The van der Waals surface area contributed by atoms with Gasteiger partial charge in [-0.05, 0) is 45.7 Å². The summed E-state index contributed by atoms with van der Waals surface area (Å²) >= 11 is 0. The molecule has 1 aromatic rings. The molecule has 0 bridgehead atoms. The summed E-state index contributed by atoms with van der Waals surface area (Å²) in [5.41, 5.74) is -0.566. The molecule has 1 aromatic carbocycles. The van der Waals surface area contributed by atoms with E-state index in [1.807, 2.05) is 20.8 Å². The highest BCUT2D eigenvalue weighted by atomic mass is 32.2. The van der Waals surface area contributed by atoms with E-state index in [0.29, 0.717) is 13.1 Å². The number of ether oxygens (including phenoxy) is 1. The molecule has 0 spiro atoms. The molecule has 8 nitrogen and oxygen atoms in total. The first kappa shape index (κ1) is 22.2. The Bertz CT molecular complexity index is 775. The smallest absolute Gasteiger partial charge is 0.410 e. The first-order valence-corrected chi connectivity index (χ1v) is 10.9. The minimum Gasteiger partial charge on any atom is -0.444 e. The van der Waals surface area contributed by atoms with Crippen LogP contribution in [0.5, 0.6) is 0 Å². The van der Waals surface area contributed by atoms with E-state index in [4.69, 9.17) is 4.74 Å². The van der Waals surface area contributed by atoms with E-state index in [2.05, 4.69) is 10.0 Å². The van der Waals surface area contributed by atoms with Gasteiger partial charge in [-0.15, -0.1) is 0 Å². The number of hydrogen-bond donors (Lipinski definition) is 2. The molecule has 9 heteroatoms. The molecule has 1 atom stereocenters. The number of carbonyl (C=O) groups excluding carboxylic acids is 2. The largest absolute Gasteiger partial charge is 0.444 e. The van der Waals surface area contributed by atoms with Crippen LogP contribution in [0.15, 0.2) is 35.2 Å². The second-order valence-electron chi connectivity index (χ2n) is 7.79. The molecule has 1 saturated heterocycles. The molecule has 0 unspecified atom stereocenters. The number of likely N-dealkylation sites (tertiary alicyclic amines) is 1. The van der Waals surface area contributed by atoms with Crippen LogP contribution < -0.4 is 10.0 Å². The Kier molecular flexibility index (Phi) is 7.42. The van der Waals surface area contributed by atoms with Crippen LogP contribution in [0.4, 0.5) is 4.79 Å². The quantitative estimate of drug-likeness (QED) is 0.744. The predicted octanol–water partition coefficient (Wildman–Crippen LogP) is 1.87. The van der Waals surface area contributed by atoms with Crippen molar-refractivity contribution >= 4 is 22.0 Å². The van der Waals surface area contributed by atoms with Crippen molar-refractivity contribution in [1.29, 1.82) is 0 Å². The zero-order valence-electron chi connectivity index (χ0n) is 16.6. The van der Waals surface area contributed by atoms with Crippen LogP contribution >= 0.6 is 0 Å². The molecule has 28 heavy (non-hydrogen) atoms. The molecular weight excluding hydrogens is 382 g/mol. The summed E-state index contributed by atoms with van der Waals surface area (Å²) in [6, 6.07) is 7.84. The van der Waals surface area contributed by atoms with Crippen molar-refractivity contribution in [2.45, 2.75) is 56.6 Å². The highest BCUT2D eigenvalue weighted by Gasteiger charge is 2.28. The summed E-state index contributed by atoms with van der Waals surface area (Å²) in [5, 5.41) is 2.87. The van der Waals surface area contributed by atoms with Crippen molar-refractivity contribution in [1.82, 2.24) is 14.9 Å². The molecule has 156 valence electrons. The molecule has 1 fully saturated rings. The van der Waals surface area contributed by atoms with Crippen LogP contribution in [-0.4, -0.2) is 56.6 Å². The van der Waals surface area contributed by atoms with Gasteiger partial charge in [0.05, 0.1) is 4.90 Å². The van der Waals surface area contributed by atoms with E-state index in [-0.39, 0.29) is 35.9 Å². The summed E-state index contributed by atoms with van der Waals surface area (Å²) in [4.78, 5) is 26.1. The maximum absolute atomic E-state index is 12.2. The van der Waals surface area contributed by atoms with Gasteiger partial charge in [-0.2, -0.15) is 0 Å². The lowest BCUT2D eigenvalue weighted by Crippen LogP contribution is -2.51. The van der Waals surface area contributed by atoms with Gasteiger partial charge in [0.25, 0.3) is 0 Å². The van der Waals surface area contributed by atoms with Crippen LogP contribution in [0.3, 0.4) is 0 Å². The summed E-state index contributed by atoms with van der Waals surface area (Å²) in [7, 11) is -3.63. The number of carbonyl (C=O) groups is 2. The van der Waals surface area contributed by atoms with Crippen LogP contribution in [0.25, 0.3) is 0 Å². The number of sulfonamides is 1. The van der Waals surface area contributed by atoms with Crippen molar-refractivity contribution in [2.75, 3.05) is 19.6 Å². The molecule has 1 aliphatic heterocycles. The summed E-state index contributed by atoms with van der Waals surface area (Å²) in [5.74, 6) is -0.258. The number of hydrogen-bond acceptors (Lipinski definition) is 5. The molecule has 0 saturated carbocycles. The van der Waals surface area contributed by atoms with E-state index in [9.17, 15) is 18.0 Å².